The molecular weight excluding hydrogens is 368 g/mol. The number of carboxylic acids is 1. The number of carboxylic acid groups (broad SMARTS) is 1. The molecule has 0 amide bonds. The van der Waals surface area contributed by atoms with Gasteiger partial charge in [-0.05, 0) is 56.8 Å². The second-order valence-corrected chi connectivity index (χ2v) is 5.33. The van der Waals surface area contributed by atoms with Gasteiger partial charge in [0.25, 0.3) is 0 Å². The van der Waals surface area contributed by atoms with Crippen LogP contribution in [-0.2, 0) is 4.74 Å². The number of aromatic carboxylic acids is 1. The Bertz CT molecular complexity index is 398. The van der Waals surface area contributed by atoms with Crippen LogP contribution in [0.5, 0.6) is 5.75 Å². The van der Waals surface area contributed by atoms with E-state index in [1.165, 1.54) is 12.1 Å². The van der Waals surface area contributed by atoms with Gasteiger partial charge in [-0.2, -0.15) is 0 Å². The molecule has 0 heterocycles. The first kappa shape index (κ1) is 15.5. The van der Waals surface area contributed by atoms with Gasteiger partial charge in [0.2, 0.25) is 0 Å². The van der Waals surface area contributed by atoms with Crippen molar-refractivity contribution in [3.8, 4) is 5.75 Å². The van der Waals surface area contributed by atoms with Crippen LogP contribution in [0.15, 0.2) is 21.1 Å². The molecule has 0 spiro atoms. The summed E-state index contributed by atoms with van der Waals surface area (Å²) in [6, 6.07) is 3.05. The van der Waals surface area contributed by atoms with E-state index in [0.29, 0.717) is 27.9 Å². The lowest BCUT2D eigenvalue weighted by atomic mass is 10.2. The monoisotopic (exact) mass is 380 g/mol. The second-order valence-electron chi connectivity index (χ2n) is 3.62. The molecular formula is C12H14Br2O4. The molecule has 0 radical (unpaired) electrons. The maximum Gasteiger partial charge on any atom is 0.335 e. The lowest BCUT2D eigenvalue weighted by Crippen LogP contribution is -2.02. The molecule has 1 N–H and O–H groups in total. The Labute approximate surface area is 123 Å². The first-order chi connectivity index (χ1) is 8.56. The topological polar surface area (TPSA) is 55.8 Å². The molecule has 0 unspecified atom stereocenters. The number of ether oxygens (including phenoxy) is 2. The van der Waals surface area contributed by atoms with Gasteiger partial charge in [-0.15, -0.1) is 0 Å². The maximum absolute atomic E-state index is 10.9. The largest absolute Gasteiger partial charge is 0.491 e. The summed E-state index contributed by atoms with van der Waals surface area (Å²) in [5, 5.41) is 8.90. The van der Waals surface area contributed by atoms with Crippen LogP contribution in [0.2, 0.25) is 0 Å². The first-order valence-electron chi connectivity index (χ1n) is 5.40. The van der Waals surface area contributed by atoms with E-state index in [2.05, 4.69) is 31.9 Å². The zero-order valence-corrected chi connectivity index (χ0v) is 13.1. The summed E-state index contributed by atoms with van der Waals surface area (Å²) in [5.41, 5.74) is 0.209. The summed E-state index contributed by atoms with van der Waals surface area (Å²) >= 11 is 6.61. The van der Waals surface area contributed by atoms with Crippen LogP contribution in [0.1, 0.15) is 23.2 Å². The van der Waals surface area contributed by atoms with E-state index >= 15 is 0 Å². The third-order valence-electron chi connectivity index (χ3n) is 2.23. The molecule has 0 aliphatic heterocycles. The van der Waals surface area contributed by atoms with Crippen molar-refractivity contribution in [1.82, 2.24) is 0 Å². The lowest BCUT2D eigenvalue weighted by molar-refractivity contribution is 0.0696. The summed E-state index contributed by atoms with van der Waals surface area (Å²) < 4.78 is 11.8. The molecule has 0 aliphatic carbocycles. The Morgan fingerprint density at radius 1 is 1.22 bits per heavy atom. The van der Waals surface area contributed by atoms with Crippen LogP contribution in [0.4, 0.5) is 0 Å². The fourth-order valence-corrected chi connectivity index (χ4v) is 2.76. The van der Waals surface area contributed by atoms with Gasteiger partial charge in [0, 0.05) is 13.7 Å². The van der Waals surface area contributed by atoms with Crippen LogP contribution in [0, 0.1) is 0 Å². The number of hydrogen-bond donors (Lipinski definition) is 1. The van der Waals surface area contributed by atoms with Crippen molar-refractivity contribution in [2.75, 3.05) is 20.3 Å². The van der Waals surface area contributed by atoms with Gasteiger partial charge < -0.3 is 14.6 Å². The normalized spacial score (nSPS) is 10.4. The molecule has 0 bridgehead atoms. The van der Waals surface area contributed by atoms with Crippen LogP contribution in [-0.4, -0.2) is 31.4 Å². The van der Waals surface area contributed by atoms with Gasteiger partial charge in [-0.3, -0.25) is 0 Å². The van der Waals surface area contributed by atoms with E-state index in [0.717, 1.165) is 12.8 Å². The van der Waals surface area contributed by atoms with E-state index in [-0.39, 0.29) is 5.56 Å². The molecule has 0 fully saturated rings. The van der Waals surface area contributed by atoms with Crippen molar-refractivity contribution >= 4 is 37.8 Å². The Morgan fingerprint density at radius 3 is 2.28 bits per heavy atom. The van der Waals surface area contributed by atoms with Crippen molar-refractivity contribution in [3.63, 3.8) is 0 Å². The lowest BCUT2D eigenvalue weighted by Gasteiger charge is -2.11. The predicted molar refractivity (Wildman–Crippen MR) is 75.4 cm³/mol. The van der Waals surface area contributed by atoms with Gasteiger partial charge in [-0.25, -0.2) is 4.79 Å². The molecule has 0 atom stereocenters. The van der Waals surface area contributed by atoms with Crippen LogP contribution in [0.25, 0.3) is 0 Å². The third kappa shape index (κ3) is 4.59. The average molecular weight is 382 g/mol. The number of halogens is 2. The molecule has 0 aromatic heterocycles. The number of rotatable bonds is 7. The van der Waals surface area contributed by atoms with E-state index in [9.17, 15) is 4.79 Å². The minimum absolute atomic E-state index is 0.209. The molecule has 1 aromatic rings. The van der Waals surface area contributed by atoms with Crippen molar-refractivity contribution < 1.29 is 19.4 Å². The first-order valence-corrected chi connectivity index (χ1v) is 6.99. The molecule has 18 heavy (non-hydrogen) atoms. The summed E-state index contributed by atoms with van der Waals surface area (Å²) in [5.74, 6) is -0.347. The van der Waals surface area contributed by atoms with Crippen LogP contribution < -0.4 is 4.74 Å². The average Bonchev–Trinajstić information content (AvgIpc) is 2.31. The molecule has 0 saturated carbocycles. The maximum atomic E-state index is 10.9. The van der Waals surface area contributed by atoms with E-state index in [1.807, 2.05) is 0 Å². The summed E-state index contributed by atoms with van der Waals surface area (Å²) in [6.45, 7) is 1.27. The van der Waals surface area contributed by atoms with Crippen LogP contribution >= 0.6 is 31.9 Å². The standard InChI is InChI=1S/C12H14Br2O4/c1-17-4-2-3-5-18-11-9(13)6-8(12(15)16)7-10(11)14/h6-7H,2-5H2,1H3,(H,15,16). The number of methoxy groups -OCH3 is 1. The van der Waals surface area contributed by atoms with E-state index < -0.39 is 5.97 Å². The fourth-order valence-electron chi connectivity index (χ4n) is 1.34. The van der Waals surface area contributed by atoms with E-state index in [4.69, 9.17) is 14.6 Å². The third-order valence-corrected chi connectivity index (χ3v) is 3.41. The Morgan fingerprint density at radius 2 is 1.78 bits per heavy atom. The Hall–Kier alpha value is -0.590. The highest BCUT2D eigenvalue weighted by atomic mass is 79.9. The SMILES string of the molecule is COCCCCOc1c(Br)cc(C(=O)O)cc1Br. The minimum atomic E-state index is -0.969. The van der Waals surface area contributed by atoms with Crippen molar-refractivity contribution in [1.29, 1.82) is 0 Å². The zero-order chi connectivity index (χ0) is 13.5. The summed E-state index contributed by atoms with van der Waals surface area (Å²) in [6.07, 6.45) is 1.81. The number of carbonyl (C=O) groups is 1. The quantitative estimate of drug-likeness (QED) is 0.731. The molecule has 6 heteroatoms. The van der Waals surface area contributed by atoms with Crippen molar-refractivity contribution in [3.05, 3.63) is 26.6 Å². The van der Waals surface area contributed by atoms with E-state index in [1.54, 1.807) is 7.11 Å². The summed E-state index contributed by atoms with van der Waals surface area (Å²) in [4.78, 5) is 10.9. The molecule has 0 aliphatic rings. The summed E-state index contributed by atoms with van der Waals surface area (Å²) in [7, 11) is 1.67. The van der Waals surface area contributed by atoms with Crippen molar-refractivity contribution in [2.45, 2.75) is 12.8 Å². The van der Waals surface area contributed by atoms with Gasteiger partial charge >= 0.3 is 5.97 Å². The zero-order valence-electron chi connectivity index (χ0n) is 9.91. The number of hydrogen-bond acceptors (Lipinski definition) is 3. The van der Waals surface area contributed by atoms with Gasteiger partial charge in [0.05, 0.1) is 21.1 Å². The fraction of sp³-hybridized carbons (Fsp3) is 0.417. The molecule has 100 valence electrons. The Kier molecular flexibility index (Phi) is 6.67. The predicted octanol–water partition coefficient (Wildman–Crippen LogP) is 3.72. The number of benzene rings is 1. The second kappa shape index (κ2) is 7.76. The van der Waals surface area contributed by atoms with Crippen LogP contribution in [0.3, 0.4) is 0 Å². The Balaban J connectivity index is 2.63. The number of unbranched alkanes of at least 4 members (excludes halogenated alkanes) is 1. The minimum Gasteiger partial charge on any atom is -0.491 e. The van der Waals surface area contributed by atoms with Gasteiger partial charge in [0.1, 0.15) is 5.75 Å². The molecule has 1 aromatic carbocycles. The molecule has 0 saturated heterocycles. The smallest absolute Gasteiger partial charge is 0.335 e. The highest BCUT2D eigenvalue weighted by molar-refractivity contribution is 9.11. The molecule has 4 nitrogen and oxygen atoms in total. The van der Waals surface area contributed by atoms with Gasteiger partial charge in [-0.1, -0.05) is 0 Å². The highest BCUT2D eigenvalue weighted by Crippen LogP contribution is 2.34. The highest BCUT2D eigenvalue weighted by Gasteiger charge is 2.12. The van der Waals surface area contributed by atoms with Gasteiger partial charge in [0.15, 0.2) is 0 Å². The molecule has 1 rings (SSSR count). The van der Waals surface area contributed by atoms with Crippen molar-refractivity contribution in [2.24, 2.45) is 0 Å².